The molecular formula is C13H5Cl2N7O. The van der Waals surface area contributed by atoms with Crippen molar-refractivity contribution in [2.24, 2.45) is 0 Å². The molecule has 0 radical (unpaired) electrons. The van der Waals surface area contributed by atoms with E-state index in [-0.39, 0.29) is 22.7 Å². The van der Waals surface area contributed by atoms with Crippen molar-refractivity contribution >= 4 is 51.5 Å². The van der Waals surface area contributed by atoms with Crippen molar-refractivity contribution in [1.82, 2.24) is 24.8 Å². The second-order valence-electron chi connectivity index (χ2n) is 4.61. The molecule has 0 unspecified atom stereocenters. The van der Waals surface area contributed by atoms with Crippen LogP contribution in [-0.2, 0) is 0 Å². The zero-order valence-electron chi connectivity index (χ0n) is 11.2. The number of nitrogens with zero attached hydrogens (tertiary/aromatic N) is 6. The van der Waals surface area contributed by atoms with E-state index in [0.29, 0.717) is 26.9 Å². The van der Waals surface area contributed by atoms with Crippen molar-refractivity contribution < 1.29 is 4.63 Å². The molecule has 0 aliphatic heterocycles. The molecule has 10 heteroatoms. The SMILES string of the molecule is N#Cc1c(N)n(-c2ccc(Cl)cc2Cl)c2nc3nonc3nc12. The number of anilines is 1. The minimum Gasteiger partial charge on any atom is -0.384 e. The fourth-order valence-electron chi connectivity index (χ4n) is 2.32. The second kappa shape index (κ2) is 4.81. The summed E-state index contributed by atoms with van der Waals surface area (Å²) in [6.07, 6.45) is 0. The maximum Gasteiger partial charge on any atom is 0.245 e. The van der Waals surface area contributed by atoms with Gasteiger partial charge in [0.2, 0.25) is 11.3 Å². The number of nitrogens with two attached hydrogens (primary N) is 1. The first-order valence-electron chi connectivity index (χ1n) is 6.26. The first kappa shape index (κ1) is 13.8. The standard InChI is InChI=1S/C13H5Cl2N7O/c14-5-1-2-8(7(15)3-5)22-10(17)6(4-16)9-13(22)19-12-11(18-9)20-23-21-12/h1-3H,17H2. The van der Waals surface area contributed by atoms with Crippen molar-refractivity contribution in [3.8, 4) is 11.8 Å². The molecule has 0 fully saturated rings. The lowest BCUT2D eigenvalue weighted by Gasteiger charge is -2.09. The largest absolute Gasteiger partial charge is 0.384 e. The molecule has 8 nitrogen and oxygen atoms in total. The highest BCUT2D eigenvalue weighted by molar-refractivity contribution is 6.35. The van der Waals surface area contributed by atoms with Gasteiger partial charge in [0.1, 0.15) is 23.0 Å². The van der Waals surface area contributed by atoms with E-state index in [1.807, 2.05) is 6.07 Å². The van der Waals surface area contributed by atoms with Crippen molar-refractivity contribution in [3.63, 3.8) is 0 Å². The zero-order valence-corrected chi connectivity index (χ0v) is 12.7. The van der Waals surface area contributed by atoms with Crippen molar-refractivity contribution in [2.45, 2.75) is 0 Å². The third-order valence-electron chi connectivity index (χ3n) is 3.30. The van der Waals surface area contributed by atoms with Gasteiger partial charge in [-0.2, -0.15) is 5.26 Å². The van der Waals surface area contributed by atoms with Gasteiger partial charge in [0, 0.05) is 5.02 Å². The van der Waals surface area contributed by atoms with Crippen LogP contribution in [0.15, 0.2) is 22.8 Å². The minimum absolute atomic E-state index is 0.163. The molecule has 3 aromatic heterocycles. The van der Waals surface area contributed by atoms with E-state index < -0.39 is 0 Å². The molecule has 1 aromatic carbocycles. The minimum atomic E-state index is 0.163. The van der Waals surface area contributed by atoms with Crippen LogP contribution in [0.4, 0.5) is 5.82 Å². The highest BCUT2D eigenvalue weighted by Crippen LogP contribution is 2.33. The van der Waals surface area contributed by atoms with Gasteiger partial charge in [-0.3, -0.25) is 4.57 Å². The molecular weight excluding hydrogens is 341 g/mol. The van der Waals surface area contributed by atoms with E-state index in [1.165, 1.54) is 4.57 Å². The fourth-order valence-corrected chi connectivity index (χ4v) is 2.81. The number of hydrogen-bond acceptors (Lipinski definition) is 7. The summed E-state index contributed by atoms with van der Waals surface area (Å²) in [6, 6.07) is 6.92. The molecule has 0 aliphatic rings. The third kappa shape index (κ3) is 1.91. The number of nitrogen functional groups attached to an aromatic ring is 1. The Hall–Kier alpha value is -2.89. The van der Waals surface area contributed by atoms with Gasteiger partial charge >= 0.3 is 0 Å². The normalized spacial score (nSPS) is 11.2. The Morgan fingerprint density at radius 1 is 1.17 bits per heavy atom. The molecule has 0 bridgehead atoms. The Kier molecular flexibility index (Phi) is 2.87. The summed E-state index contributed by atoms with van der Waals surface area (Å²) in [4.78, 5) is 8.56. The lowest BCUT2D eigenvalue weighted by molar-refractivity contribution is 0.314. The molecule has 0 aliphatic carbocycles. The first-order valence-corrected chi connectivity index (χ1v) is 7.01. The average molecular weight is 346 g/mol. The molecule has 112 valence electrons. The van der Waals surface area contributed by atoms with Crippen molar-refractivity contribution in [1.29, 1.82) is 5.26 Å². The molecule has 0 saturated carbocycles. The Labute approximate surface area is 138 Å². The van der Waals surface area contributed by atoms with Crippen molar-refractivity contribution in [2.75, 3.05) is 5.73 Å². The Balaban J connectivity index is 2.17. The Morgan fingerprint density at radius 2 is 1.91 bits per heavy atom. The number of fused-ring (bicyclic) bond motifs is 2. The quantitative estimate of drug-likeness (QED) is 0.563. The van der Waals surface area contributed by atoms with Gasteiger partial charge in [0.15, 0.2) is 5.65 Å². The monoisotopic (exact) mass is 345 g/mol. The highest BCUT2D eigenvalue weighted by Gasteiger charge is 2.22. The molecule has 4 aromatic rings. The van der Waals surface area contributed by atoms with Crippen LogP contribution in [0, 0.1) is 11.3 Å². The van der Waals surface area contributed by atoms with Gasteiger partial charge in [-0.15, -0.1) is 0 Å². The first-order chi connectivity index (χ1) is 11.1. The number of halogens is 2. The Morgan fingerprint density at radius 3 is 2.61 bits per heavy atom. The number of benzene rings is 1. The predicted octanol–water partition coefficient (Wildman–Crippen LogP) is 2.72. The molecule has 3 heterocycles. The van der Waals surface area contributed by atoms with Crippen molar-refractivity contribution in [3.05, 3.63) is 33.8 Å². The van der Waals surface area contributed by atoms with Crippen LogP contribution in [0.2, 0.25) is 10.0 Å². The summed E-state index contributed by atoms with van der Waals surface area (Å²) in [5.74, 6) is 0.163. The molecule has 0 saturated heterocycles. The van der Waals surface area contributed by atoms with Gasteiger partial charge in [-0.05, 0) is 28.5 Å². The molecule has 23 heavy (non-hydrogen) atoms. The Bertz CT molecular complexity index is 1120. The summed E-state index contributed by atoms with van der Waals surface area (Å²) in [7, 11) is 0. The van der Waals surface area contributed by atoms with Gasteiger partial charge in [0.25, 0.3) is 0 Å². The van der Waals surface area contributed by atoms with Gasteiger partial charge in [-0.1, -0.05) is 23.2 Å². The number of rotatable bonds is 1. The van der Waals surface area contributed by atoms with E-state index in [4.69, 9.17) is 28.9 Å². The van der Waals surface area contributed by atoms with Crippen LogP contribution >= 0.6 is 23.2 Å². The average Bonchev–Trinajstić information content (AvgIpc) is 3.07. The highest BCUT2D eigenvalue weighted by atomic mass is 35.5. The number of aromatic nitrogens is 5. The van der Waals surface area contributed by atoms with Crippen LogP contribution in [0.25, 0.3) is 28.1 Å². The lowest BCUT2D eigenvalue weighted by atomic mass is 10.3. The molecule has 2 N–H and O–H groups in total. The second-order valence-corrected chi connectivity index (χ2v) is 5.45. The van der Waals surface area contributed by atoms with E-state index >= 15 is 0 Å². The molecule has 0 amide bonds. The summed E-state index contributed by atoms with van der Waals surface area (Å²) >= 11 is 12.2. The number of nitriles is 1. The summed E-state index contributed by atoms with van der Waals surface area (Å²) in [5.41, 5.74) is 7.79. The summed E-state index contributed by atoms with van der Waals surface area (Å²) in [6.45, 7) is 0. The summed E-state index contributed by atoms with van der Waals surface area (Å²) < 4.78 is 6.12. The van der Waals surface area contributed by atoms with Crippen LogP contribution in [0.3, 0.4) is 0 Å². The van der Waals surface area contributed by atoms with Crippen LogP contribution in [-0.4, -0.2) is 24.8 Å². The topological polar surface area (TPSA) is 119 Å². The smallest absolute Gasteiger partial charge is 0.245 e. The van der Waals surface area contributed by atoms with Gasteiger partial charge in [-0.25, -0.2) is 14.6 Å². The van der Waals surface area contributed by atoms with Crippen LogP contribution in [0.1, 0.15) is 5.56 Å². The zero-order chi connectivity index (χ0) is 16.1. The summed E-state index contributed by atoms with van der Waals surface area (Å²) in [5, 5.41) is 17.5. The van der Waals surface area contributed by atoms with Crippen LogP contribution in [0.5, 0.6) is 0 Å². The predicted molar refractivity (Wildman–Crippen MR) is 83.4 cm³/mol. The van der Waals surface area contributed by atoms with E-state index in [1.54, 1.807) is 18.2 Å². The van der Waals surface area contributed by atoms with Gasteiger partial charge < -0.3 is 5.73 Å². The number of hydrogen-bond donors (Lipinski definition) is 1. The fraction of sp³-hybridized carbons (Fsp3) is 0. The third-order valence-corrected chi connectivity index (χ3v) is 3.84. The van der Waals surface area contributed by atoms with Crippen LogP contribution < -0.4 is 5.73 Å². The molecule has 0 atom stereocenters. The molecule has 4 rings (SSSR count). The van der Waals surface area contributed by atoms with E-state index in [2.05, 4.69) is 24.9 Å². The maximum absolute atomic E-state index is 9.39. The van der Waals surface area contributed by atoms with E-state index in [9.17, 15) is 5.26 Å². The lowest BCUT2D eigenvalue weighted by Crippen LogP contribution is -2.02. The van der Waals surface area contributed by atoms with E-state index in [0.717, 1.165) is 0 Å². The van der Waals surface area contributed by atoms with Gasteiger partial charge in [0.05, 0.1) is 10.7 Å². The maximum atomic E-state index is 9.39. The molecule has 0 spiro atoms.